The van der Waals surface area contributed by atoms with Crippen molar-refractivity contribution in [2.75, 3.05) is 17.7 Å². The molecule has 1 amide bonds. The lowest BCUT2D eigenvalue weighted by Gasteiger charge is -2.10. The molecule has 2 aromatic carbocycles. The molecule has 0 fully saturated rings. The molecule has 0 atom stereocenters. The van der Waals surface area contributed by atoms with Crippen LogP contribution >= 0.6 is 11.3 Å². The molecule has 2 heterocycles. The molecule has 0 spiro atoms. The van der Waals surface area contributed by atoms with E-state index in [1.54, 1.807) is 23.5 Å². The molecule has 7 heteroatoms. The Balaban J connectivity index is 1.50. The van der Waals surface area contributed by atoms with Crippen LogP contribution in [0.2, 0.25) is 0 Å². The largest absolute Gasteiger partial charge is 0.372 e. The van der Waals surface area contributed by atoms with Gasteiger partial charge in [-0.25, -0.2) is 4.98 Å². The maximum atomic E-state index is 12.5. The summed E-state index contributed by atoms with van der Waals surface area (Å²) < 4.78 is 1.02. The van der Waals surface area contributed by atoms with E-state index in [4.69, 9.17) is 0 Å². The molecule has 0 unspecified atom stereocenters. The minimum absolute atomic E-state index is 0.127. The fraction of sp³-hybridized carbons (Fsp3) is 0.0952. The van der Waals surface area contributed by atoms with Crippen molar-refractivity contribution in [3.8, 4) is 0 Å². The normalized spacial score (nSPS) is 10.6. The first-order valence-electron chi connectivity index (χ1n) is 8.85. The lowest BCUT2D eigenvalue weighted by molar-refractivity contribution is 0.0951. The summed E-state index contributed by atoms with van der Waals surface area (Å²) in [6.45, 7) is 0.487. The molecule has 0 aliphatic carbocycles. The highest BCUT2D eigenvalue weighted by molar-refractivity contribution is 7.17. The van der Waals surface area contributed by atoms with E-state index in [0.29, 0.717) is 18.1 Å². The van der Waals surface area contributed by atoms with Crippen LogP contribution in [0.4, 0.5) is 17.5 Å². The van der Waals surface area contributed by atoms with Gasteiger partial charge in [0.15, 0.2) is 0 Å². The number of thiophene rings is 1. The summed E-state index contributed by atoms with van der Waals surface area (Å²) in [5, 5.41) is 11.2. The summed E-state index contributed by atoms with van der Waals surface area (Å²) in [5.74, 6) is 1.13. The van der Waals surface area contributed by atoms with Crippen LogP contribution in [-0.4, -0.2) is 22.9 Å². The zero-order chi connectivity index (χ0) is 19.3. The summed E-state index contributed by atoms with van der Waals surface area (Å²) in [7, 11) is 1.84. The predicted molar refractivity (Wildman–Crippen MR) is 114 cm³/mol. The Kier molecular flexibility index (Phi) is 5.16. The molecule has 0 saturated heterocycles. The van der Waals surface area contributed by atoms with E-state index in [0.717, 1.165) is 27.3 Å². The van der Waals surface area contributed by atoms with Crippen molar-refractivity contribution in [3.63, 3.8) is 0 Å². The molecular weight excluding hydrogens is 370 g/mol. The SMILES string of the molecule is CNc1nc(Nc2cccc(C(=O)NCc3ccccc3)c2)nc2ccsc12. The van der Waals surface area contributed by atoms with Crippen LogP contribution in [0.25, 0.3) is 10.2 Å². The van der Waals surface area contributed by atoms with E-state index >= 15 is 0 Å². The molecule has 2 aromatic heterocycles. The second-order valence-electron chi connectivity index (χ2n) is 6.15. The Morgan fingerprint density at radius 3 is 2.71 bits per heavy atom. The summed E-state index contributed by atoms with van der Waals surface area (Å²) in [6, 6.07) is 19.1. The Morgan fingerprint density at radius 2 is 1.89 bits per heavy atom. The van der Waals surface area contributed by atoms with Gasteiger partial charge in [-0.3, -0.25) is 4.79 Å². The Labute approximate surface area is 166 Å². The fourth-order valence-electron chi connectivity index (χ4n) is 2.84. The van der Waals surface area contributed by atoms with Crippen LogP contribution in [0.1, 0.15) is 15.9 Å². The number of fused-ring (bicyclic) bond motifs is 1. The average Bonchev–Trinajstić information content (AvgIpc) is 3.21. The average molecular weight is 389 g/mol. The van der Waals surface area contributed by atoms with Gasteiger partial charge in [0.05, 0.1) is 10.2 Å². The number of rotatable bonds is 6. The number of nitrogens with one attached hydrogen (secondary N) is 3. The summed E-state index contributed by atoms with van der Waals surface area (Å²) in [5.41, 5.74) is 3.26. The third-order valence-corrected chi connectivity index (χ3v) is 5.13. The summed E-state index contributed by atoms with van der Waals surface area (Å²) in [6.07, 6.45) is 0. The number of nitrogens with zero attached hydrogens (tertiary/aromatic N) is 2. The molecule has 6 nitrogen and oxygen atoms in total. The number of anilines is 3. The number of carbonyl (C=O) groups excluding carboxylic acids is 1. The van der Waals surface area contributed by atoms with E-state index in [9.17, 15) is 4.79 Å². The second kappa shape index (κ2) is 8.06. The van der Waals surface area contributed by atoms with Crippen molar-refractivity contribution in [2.24, 2.45) is 0 Å². The van der Waals surface area contributed by atoms with Crippen molar-refractivity contribution in [1.82, 2.24) is 15.3 Å². The highest BCUT2D eigenvalue weighted by Crippen LogP contribution is 2.28. The number of carbonyl (C=O) groups is 1. The molecule has 140 valence electrons. The van der Waals surface area contributed by atoms with Gasteiger partial charge in [-0.2, -0.15) is 4.98 Å². The molecule has 0 aliphatic rings. The number of hydrogen-bond acceptors (Lipinski definition) is 6. The molecule has 4 aromatic rings. The number of aromatic nitrogens is 2. The predicted octanol–water partition coefficient (Wildman–Crippen LogP) is 4.41. The van der Waals surface area contributed by atoms with Crippen LogP contribution in [0.5, 0.6) is 0 Å². The standard InChI is InChI=1S/C21H19N5OS/c1-22-19-18-17(10-11-28-18)25-21(26-19)24-16-9-5-8-15(12-16)20(27)23-13-14-6-3-2-4-7-14/h2-12H,13H2,1H3,(H,23,27)(H2,22,24,25,26). The number of amides is 1. The van der Waals surface area contributed by atoms with Crippen molar-refractivity contribution < 1.29 is 4.79 Å². The van der Waals surface area contributed by atoms with Crippen molar-refractivity contribution >= 4 is 44.9 Å². The molecule has 28 heavy (non-hydrogen) atoms. The van der Waals surface area contributed by atoms with Crippen LogP contribution < -0.4 is 16.0 Å². The minimum atomic E-state index is -0.127. The van der Waals surface area contributed by atoms with E-state index in [-0.39, 0.29) is 5.91 Å². The Hall–Kier alpha value is -3.45. The zero-order valence-electron chi connectivity index (χ0n) is 15.3. The topological polar surface area (TPSA) is 78.9 Å². The lowest BCUT2D eigenvalue weighted by Crippen LogP contribution is -2.22. The molecular formula is C21H19N5OS. The first kappa shape index (κ1) is 17.9. The Bertz CT molecular complexity index is 1110. The van der Waals surface area contributed by atoms with Gasteiger partial charge in [-0.1, -0.05) is 36.4 Å². The van der Waals surface area contributed by atoms with Crippen LogP contribution in [0.3, 0.4) is 0 Å². The van der Waals surface area contributed by atoms with Gasteiger partial charge in [0.2, 0.25) is 5.95 Å². The maximum Gasteiger partial charge on any atom is 0.251 e. The molecule has 0 radical (unpaired) electrons. The minimum Gasteiger partial charge on any atom is -0.372 e. The first-order chi connectivity index (χ1) is 13.7. The van der Waals surface area contributed by atoms with Crippen LogP contribution in [0.15, 0.2) is 66.0 Å². The van der Waals surface area contributed by atoms with Gasteiger partial charge in [0.1, 0.15) is 5.82 Å². The van der Waals surface area contributed by atoms with Gasteiger partial charge in [0, 0.05) is 24.8 Å². The van der Waals surface area contributed by atoms with Crippen LogP contribution in [-0.2, 0) is 6.54 Å². The van der Waals surface area contributed by atoms with Gasteiger partial charge in [0.25, 0.3) is 5.91 Å². The molecule has 0 aliphatic heterocycles. The lowest BCUT2D eigenvalue weighted by atomic mass is 10.1. The van der Waals surface area contributed by atoms with E-state index in [2.05, 4.69) is 25.9 Å². The van der Waals surface area contributed by atoms with Gasteiger partial charge in [-0.05, 0) is 35.2 Å². The van der Waals surface area contributed by atoms with E-state index < -0.39 is 0 Å². The van der Waals surface area contributed by atoms with Crippen molar-refractivity contribution in [1.29, 1.82) is 0 Å². The molecule has 0 saturated carbocycles. The smallest absolute Gasteiger partial charge is 0.251 e. The third kappa shape index (κ3) is 3.94. The summed E-state index contributed by atoms with van der Waals surface area (Å²) >= 11 is 1.60. The molecule has 4 rings (SSSR count). The van der Waals surface area contributed by atoms with Crippen LogP contribution in [0, 0.1) is 0 Å². The zero-order valence-corrected chi connectivity index (χ0v) is 16.1. The van der Waals surface area contributed by atoms with Crippen molar-refractivity contribution in [3.05, 3.63) is 77.2 Å². The fourth-order valence-corrected chi connectivity index (χ4v) is 3.66. The Morgan fingerprint density at radius 1 is 1.04 bits per heavy atom. The molecule has 0 bridgehead atoms. The number of hydrogen-bond donors (Lipinski definition) is 3. The maximum absolute atomic E-state index is 12.5. The third-order valence-electron chi connectivity index (χ3n) is 4.22. The van der Waals surface area contributed by atoms with E-state index in [1.807, 2.05) is 61.0 Å². The monoisotopic (exact) mass is 389 g/mol. The highest BCUT2D eigenvalue weighted by atomic mass is 32.1. The van der Waals surface area contributed by atoms with Crippen molar-refractivity contribution in [2.45, 2.75) is 6.54 Å². The summed E-state index contributed by atoms with van der Waals surface area (Å²) in [4.78, 5) is 21.5. The van der Waals surface area contributed by atoms with Gasteiger partial charge < -0.3 is 16.0 Å². The highest BCUT2D eigenvalue weighted by Gasteiger charge is 2.10. The molecule has 3 N–H and O–H groups in total. The first-order valence-corrected chi connectivity index (χ1v) is 9.73. The quantitative estimate of drug-likeness (QED) is 0.455. The number of benzene rings is 2. The second-order valence-corrected chi connectivity index (χ2v) is 7.07. The van der Waals surface area contributed by atoms with E-state index in [1.165, 1.54) is 0 Å². The van der Waals surface area contributed by atoms with Gasteiger partial charge >= 0.3 is 0 Å². The van der Waals surface area contributed by atoms with Gasteiger partial charge in [-0.15, -0.1) is 11.3 Å².